The van der Waals surface area contributed by atoms with Crippen LogP contribution >= 0.6 is 0 Å². The minimum Gasteiger partial charge on any atom is -0.378 e. The summed E-state index contributed by atoms with van der Waals surface area (Å²) in [4.78, 5) is 0. The SMILES string of the molecule is NC(C1CCOC2(CCOC2)C1)C1C2CCCC21. The van der Waals surface area contributed by atoms with Gasteiger partial charge in [-0.05, 0) is 49.4 Å². The molecule has 5 atom stereocenters. The second kappa shape index (κ2) is 4.19. The van der Waals surface area contributed by atoms with Gasteiger partial charge in [0.2, 0.25) is 0 Å². The molecule has 1 spiro atoms. The molecule has 18 heavy (non-hydrogen) atoms. The van der Waals surface area contributed by atoms with Crippen LogP contribution in [0.5, 0.6) is 0 Å². The van der Waals surface area contributed by atoms with Crippen LogP contribution in [0.15, 0.2) is 0 Å². The molecule has 0 aromatic rings. The molecule has 5 unspecified atom stereocenters. The summed E-state index contributed by atoms with van der Waals surface area (Å²) in [5.41, 5.74) is 6.63. The van der Waals surface area contributed by atoms with E-state index in [1.165, 1.54) is 25.7 Å². The molecule has 4 aliphatic rings. The summed E-state index contributed by atoms with van der Waals surface area (Å²) in [5, 5.41) is 0. The average molecular weight is 251 g/mol. The van der Waals surface area contributed by atoms with Crippen molar-refractivity contribution >= 4 is 0 Å². The van der Waals surface area contributed by atoms with Crippen molar-refractivity contribution in [3.05, 3.63) is 0 Å². The molecule has 2 heterocycles. The van der Waals surface area contributed by atoms with E-state index in [-0.39, 0.29) is 5.60 Å². The van der Waals surface area contributed by atoms with E-state index in [1.54, 1.807) is 0 Å². The van der Waals surface area contributed by atoms with E-state index in [0.717, 1.165) is 50.4 Å². The summed E-state index contributed by atoms with van der Waals surface area (Å²) >= 11 is 0. The van der Waals surface area contributed by atoms with Gasteiger partial charge in [-0.15, -0.1) is 0 Å². The van der Waals surface area contributed by atoms with Crippen molar-refractivity contribution in [2.45, 2.75) is 50.2 Å². The van der Waals surface area contributed by atoms with Gasteiger partial charge in [0.25, 0.3) is 0 Å². The fraction of sp³-hybridized carbons (Fsp3) is 1.00. The highest BCUT2D eigenvalue weighted by Crippen LogP contribution is 2.60. The molecule has 0 aromatic carbocycles. The van der Waals surface area contributed by atoms with Crippen LogP contribution in [0.4, 0.5) is 0 Å². The Morgan fingerprint density at radius 2 is 1.94 bits per heavy atom. The first kappa shape index (κ1) is 11.7. The highest BCUT2D eigenvalue weighted by Gasteiger charge is 2.57. The van der Waals surface area contributed by atoms with Crippen LogP contribution in [0.3, 0.4) is 0 Å². The van der Waals surface area contributed by atoms with Crippen LogP contribution in [0.25, 0.3) is 0 Å². The molecular formula is C15H25NO2. The molecule has 4 rings (SSSR count). The van der Waals surface area contributed by atoms with E-state index < -0.39 is 0 Å². The van der Waals surface area contributed by atoms with Gasteiger partial charge in [-0.2, -0.15) is 0 Å². The minimum atomic E-state index is 0.0323. The zero-order chi connectivity index (χ0) is 12.2. The summed E-state index contributed by atoms with van der Waals surface area (Å²) in [7, 11) is 0. The van der Waals surface area contributed by atoms with Crippen LogP contribution in [0.2, 0.25) is 0 Å². The number of hydrogen-bond donors (Lipinski definition) is 1. The molecule has 3 nitrogen and oxygen atoms in total. The van der Waals surface area contributed by atoms with Gasteiger partial charge in [0.15, 0.2) is 0 Å². The van der Waals surface area contributed by atoms with Gasteiger partial charge in [0.05, 0.1) is 12.2 Å². The molecule has 2 saturated heterocycles. The number of rotatable bonds is 2. The predicted molar refractivity (Wildman–Crippen MR) is 69.1 cm³/mol. The smallest absolute Gasteiger partial charge is 0.0939 e. The van der Waals surface area contributed by atoms with Crippen LogP contribution in [0, 0.1) is 23.7 Å². The van der Waals surface area contributed by atoms with Gasteiger partial charge in [-0.25, -0.2) is 0 Å². The lowest BCUT2D eigenvalue weighted by molar-refractivity contribution is -0.102. The Labute approximate surface area is 109 Å². The van der Waals surface area contributed by atoms with Gasteiger partial charge in [-0.1, -0.05) is 6.42 Å². The zero-order valence-corrected chi connectivity index (χ0v) is 11.1. The van der Waals surface area contributed by atoms with Crippen molar-refractivity contribution in [3.8, 4) is 0 Å². The summed E-state index contributed by atoms with van der Waals surface area (Å²) in [6.45, 7) is 2.56. The van der Waals surface area contributed by atoms with Crippen molar-refractivity contribution in [1.82, 2.24) is 0 Å². The predicted octanol–water partition coefficient (Wildman–Crippen LogP) is 1.95. The molecule has 2 saturated carbocycles. The molecule has 2 aliphatic heterocycles. The van der Waals surface area contributed by atoms with Crippen molar-refractivity contribution < 1.29 is 9.47 Å². The molecule has 0 aromatic heterocycles. The fourth-order valence-electron chi connectivity index (χ4n) is 5.02. The molecule has 3 heteroatoms. The van der Waals surface area contributed by atoms with Crippen molar-refractivity contribution in [1.29, 1.82) is 0 Å². The van der Waals surface area contributed by atoms with Crippen molar-refractivity contribution in [2.24, 2.45) is 29.4 Å². The van der Waals surface area contributed by atoms with Crippen molar-refractivity contribution in [2.75, 3.05) is 19.8 Å². The Kier molecular flexibility index (Phi) is 2.72. The maximum absolute atomic E-state index is 6.60. The largest absolute Gasteiger partial charge is 0.378 e. The summed E-state index contributed by atoms with van der Waals surface area (Å²) < 4.78 is 11.6. The molecule has 2 N–H and O–H groups in total. The third-order valence-electron chi connectivity index (χ3n) is 6.06. The van der Waals surface area contributed by atoms with Crippen LogP contribution < -0.4 is 5.73 Å². The Morgan fingerprint density at radius 3 is 2.67 bits per heavy atom. The summed E-state index contributed by atoms with van der Waals surface area (Å²) in [5.74, 6) is 3.49. The van der Waals surface area contributed by atoms with Gasteiger partial charge in [0, 0.05) is 25.7 Å². The average Bonchev–Trinajstić information content (AvgIpc) is 2.78. The Hall–Kier alpha value is -0.120. The maximum atomic E-state index is 6.60. The molecule has 4 fully saturated rings. The van der Waals surface area contributed by atoms with E-state index >= 15 is 0 Å². The first-order valence-corrected chi connectivity index (χ1v) is 7.76. The third kappa shape index (κ3) is 1.75. The lowest BCUT2D eigenvalue weighted by atomic mass is 9.79. The Balaban J connectivity index is 1.42. The van der Waals surface area contributed by atoms with E-state index in [1.807, 2.05) is 0 Å². The first-order chi connectivity index (χ1) is 8.79. The highest BCUT2D eigenvalue weighted by atomic mass is 16.6. The van der Waals surface area contributed by atoms with Gasteiger partial charge >= 0.3 is 0 Å². The van der Waals surface area contributed by atoms with E-state index in [4.69, 9.17) is 15.2 Å². The third-order valence-corrected chi connectivity index (χ3v) is 6.06. The first-order valence-electron chi connectivity index (χ1n) is 7.76. The maximum Gasteiger partial charge on any atom is 0.0939 e. The second-order valence-electron chi connectivity index (χ2n) is 7.00. The molecule has 0 amide bonds. The second-order valence-corrected chi connectivity index (χ2v) is 7.00. The Bertz CT molecular complexity index is 316. The van der Waals surface area contributed by atoms with E-state index in [2.05, 4.69) is 0 Å². The number of fused-ring (bicyclic) bond motifs is 1. The lowest BCUT2D eigenvalue weighted by Gasteiger charge is -2.39. The van der Waals surface area contributed by atoms with Crippen molar-refractivity contribution in [3.63, 3.8) is 0 Å². The fourth-order valence-corrected chi connectivity index (χ4v) is 5.02. The number of nitrogens with two attached hydrogens (primary N) is 1. The normalized spacial score (nSPS) is 52.5. The zero-order valence-electron chi connectivity index (χ0n) is 11.1. The minimum absolute atomic E-state index is 0.0323. The van der Waals surface area contributed by atoms with E-state index in [0.29, 0.717) is 12.0 Å². The Morgan fingerprint density at radius 1 is 1.11 bits per heavy atom. The highest BCUT2D eigenvalue weighted by molar-refractivity contribution is 5.08. The van der Waals surface area contributed by atoms with Gasteiger partial charge < -0.3 is 15.2 Å². The lowest BCUT2D eigenvalue weighted by Crippen LogP contribution is -2.46. The molecule has 102 valence electrons. The van der Waals surface area contributed by atoms with Gasteiger partial charge in [-0.3, -0.25) is 0 Å². The molecule has 0 bridgehead atoms. The van der Waals surface area contributed by atoms with Crippen LogP contribution in [0.1, 0.15) is 38.5 Å². The molecule has 2 aliphatic carbocycles. The van der Waals surface area contributed by atoms with Crippen LogP contribution in [-0.2, 0) is 9.47 Å². The monoisotopic (exact) mass is 251 g/mol. The quantitative estimate of drug-likeness (QED) is 0.816. The number of hydrogen-bond acceptors (Lipinski definition) is 3. The van der Waals surface area contributed by atoms with E-state index in [9.17, 15) is 0 Å². The van der Waals surface area contributed by atoms with Gasteiger partial charge in [0.1, 0.15) is 0 Å². The summed E-state index contributed by atoms with van der Waals surface area (Å²) in [6, 6.07) is 0.432. The molecular weight excluding hydrogens is 226 g/mol. The molecule has 0 radical (unpaired) electrons. The standard InChI is InChI=1S/C15H25NO2/c16-14(13-11-2-1-3-12(11)13)10-4-6-18-15(8-10)5-7-17-9-15/h10-14H,1-9,16H2. The topological polar surface area (TPSA) is 44.5 Å². The van der Waals surface area contributed by atoms with Crippen LogP contribution in [-0.4, -0.2) is 31.5 Å². The summed E-state index contributed by atoms with van der Waals surface area (Å²) in [6.07, 6.45) is 7.72. The number of ether oxygens (including phenoxy) is 2.